The lowest BCUT2D eigenvalue weighted by Gasteiger charge is -2.33. The van der Waals surface area contributed by atoms with Gasteiger partial charge < -0.3 is 9.64 Å². The highest BCUT2D eigenvalue weighted by molar-refractivity contribution is 6.32. The zero-order valence-electron chi connectivity index (χ0n) is 12.2. The van der Waals surface area contributed by atoms with Crippen LogP contribution in [0.2, 0.25) is 5.02 Å². The van der Waals surface area contributed by atoms with Crippen LogP contribution < -0.4 is 4.74 Å². The molecule has 1 aromatic carbocycles. The molecule has 0 N–H and O–H groups in total. The van der Waals surface area contributed by atoms with Crippen molar-refractivity contribution in [3.05, 3.63) is 28.8 Å². The van der Waals surface area contributed by atoms with E-state index >= 15 is 0 Å². The molecule has 0 spiro atoms. The van der Waals surface area contributed by atoms with Gasteiger partial charge in [0.1, 0.15) is 5.75 Å². The highest BCUT2D eigenvalue weighted by Crippen LogP contribution is 2.38. The average Bonchev–Trinajstić information content (AvgIpc) is 2.47. The van der Waals surface area contributed by atoms with E-state index in [4.69, 9.17) is 16.3 Å². The van der Waals surface area contributed by atoms with E-state index in [9.17, 15) is 4.79 Å². The van der Waals surface area contributed by atoms with Gasteiger partial charge in [0.15, 0.2) is 0 Å². The number of rotatable bonds is 4. The van der Waals surface area contributed by atoms with Gasteiger partial charge in [0.05, 0.1) is 12.1 Å². The first-order valence-corrected chi connectivity index (χ1v) is 7.65. The van der Waals surface area contributed by atoms with Gasteiger partial charge in [-0.05, 0) is 36.8 Å². The van der Waals surface area contributed by atoms with Gasteiger partial charge in [0.2, 0.25) is 5.91 Å². The smallest absolute Gasteiger partial charge is 0.222 e. The first-order chi connectivity index (χ1) is 9.67. The van der Waals surface area contributed by atoms with E-state index < -0.39 is 0 Å². The molecule has 20 heavy (non-hydrogen) atoms. The first-order valence-electron chi connectivity index (χ1n) is 7.27. The van der Waals surface area contributed by atoms with Crippen molar-refractivity contribution in [1.82, 2.24) is 4.90 Å². The van der Waals surface area contributed by atoms with Crippen LogP contribution in [0.5, 0.6) is 5.75 Å². The number of likely N-dealkylation sites (tertiary alicyclic amines) is 1. The second-order valence-electron chi connectivity index (χ2n) is 5.27. The fraction of sp³-hybridized carbons (Fsp3) is 0.562. The fourth-order valence-electron chi connectivity index (χ4n) is 2.87. The summed E-state index contributed by atoms with van der Waals surface area (Å²) in [4.78, 5) is 13.9. The van der Waals surface area contributed by atoms with E-state index in [-0.39, 0.29) is 5.91 Å². The fourth-order valence-corrected chi connectivity index (χ4v) is 3.13. The predicted molar refractivity (Wildman–Crippen MR) is 81.5 cm³/mol. The van der Waals surface area contributed by atoms with Gasteiger partial charge in [-0.15, -0.1) is 0 Å². The molecule has 1 aliphatic rings. The summed E-state index contributed by atoms with van der Waals surface area (Å²) in [5.41, 5.74) is 1.17. The summed E-state index contributed by atoms with van der Waals surface area (Å²) in [5, 5.41) is 0.662. The summed E-state index contributed by atoms with van der Waals surface area (Å²) >= 11 is 6.18. The average molecular weight is 296 g/mol. The lowest BCUT2D eigenvalue weighted by molar-refractivity contribution is -0.132. The maximum atomic E-state index is 11.9. The number of hydrogen-bond acceptors (Lipinski definition) is 2. The molecule has 0 unspecified atom stereocenters. The molecule has 0 saturated carbocycles. The zero-order chi connectivity index (χ0) is 14.5. The summed E-state index contributed by atoms with van der Waals surface area (Å²) < 4.78 is 5.43. The highest BCUT2D eigenvalue weighted by atomic mass is 35.5. The molecule has 0 aromatic heterocycles. The molecule has 4 heteroatoms. The Kier molecular flexibility index (Phi) is 5.30. The molecule has 0 bridgehead atoms. The summed E-state index contributed by atoms with van der Waals surface area (Å²) in [5.74, 6) is 1.49. The van der Waals surface area contributed by atoms with Crippen molar-refractivity contribution in [3.63, 3.8) is 0 Å². The van der Waals surface area contributed by atoms with Crippen molar-refractivity contribution >= 4 is 17.5 Å². The van der Waals surface area contributed by atoms with Crippen LogP contribution in [-0.2, 0) is 4.79 Å². The molecule has 1 aliphatic heterocycles. The Balaban J connectivity index is 2.04. The van der Waals surface area contributed by atoms with Crippen molar-refractivity contribution in [3.8, 4) is 5.75 Å². The highest BCUT2D eigenvalue weighted by Gasteiger charge is 2.25. The minimum atomic E-state index is 0.281. The lowest BCUT2D eigenvalue weighted by Crippen LogP contribution is -2.37. The predicted octanol–water partition coefficient (Wildman–Crippen LogP) is 3.85. The minimum Gasteiger partial charge on any atom is -0.495 e. The van der Waals surface area contributed by atoms with Gasteiger partial charge in [-0.3, -0.25) is 4.79 Å². The third kappa shape index (κ3) is 3.26. The third-order valence-corrected chi connectivity index (χ3v) is 4.25. The molecule has 1 heterocycles. The van der Waals surface area contributed by atoms with E-state index in [1.54, 1.807) is 7.11 Å². The van der Waals surface area contributed by atoms with Crippen LogP contribution in [0.1, 0.15) is 44.1 Å². The molecule has 3 nitrogen and oxygen atoms in total. The van der Waals surface area contributed by atoms with Crippen molar-refractivity contribution in [1.29, 1.82) is 0 Å². The molecule has 1 amide bonds. The molecule has 1 saturated heterocycles. The number of methoxy groups -OCH3 is 1. The number of para-hydroxylation sites is 1. The number of nitrogens with zero attached hydrogens (tertiary/aromatic N) is 1. The normalized spacial score (nSPS) is 16.2. The Hall–Kier alpha value is -1.22. The molecule has 1 fully saturated rings. The summed E-state index contributed by atoms with van der Waals surface area (Å²) in [6.07, 6.45) is 3.53. The standard InChI is InChI=1S/C16H22ClNO2/c1-3-5-15(19)18-10-8-12(9-11-18)13-6-4-7-14(17)16(13)20-2/h4,6-7,12H,3,5,8-11H2,1-2H3. The van der Waals surface area contributed by atoms with Crippen molar-refractivity contribution < 1.29 is 9.53 Å². The van der Waals surface area contributed by atoms with Crippen LogP contribution in [0.25, 0.3) is 0 Å². The molecular formula is C16H22ClNO2. The lowest BCUT2D eigenvalue weighted by atomic mass is 9.88. The van der Waals surface area contributed by atoms with Gasteiger partial charge in [0, 0.05) is 19.5 Å². The van der Waals surface area contributed by atoms with Crippen molar-refractivity contribution in [2.45, 2.75) is 38.5 Å². The third-order valence-electron chi connectivity index (χ3n) is 3.95. The topological polar surface area (TPSA) is 29.5 Å². The second kappa shape index (κ2) is 6.98. The Morgan fingerprint density at radius 1 is 1.40 bits per heavy atom. The van der Waals surface area contributed by atoms with E-state index in [1.807, 2.05) is 24.0 Å². The Bertz CT molecular complexity index is 468. The van der Waals surface area contributed by atoms with E-state index in [0.29, 0.717) is 17.4 Å². The molecule has 0 aliphatic carbocycles. The van der Waals surface area contributed by atoms with Crippen LogP contribution >= 0.6 is 11.6 Å². The zero-order valence-corrected chi connectivity index (χ0v) is 12.9. The van der Waals surface area contributed by atoms with Crippen molar-refractivity contribution in [2.75, 3.05) is 20.2 Å². The molecule has 0 radical (unpaired) electrons. The monoisotopic (exact) mass is 295 g/mol. The molecular weight excluding hydrogens is 274 g/mol. The first kappa shape index (κ1) is 15.2. The maximum Gasteiger partial charge on any atom is 0.222 e. The van der Waals surface area contributed by atoms with Crippen molar-refractivity contribution in [2.24, 2.45) is 0 Å². The van der Waals surface area contributed by atoms with Crippen LogP contribution in [0.3, 0.4) is 0 Å². The molecule has 1 aromatic rings. The van der Waals surface area contributed by atoms with E-state index in [1.165, 1.54) is 5.56 Å². The Labute approximate surface area is 125 Å². The number of carbonyl (C=O) groups excluding carboxylic acids is 1. The number of ether oxygens (including phenoxy) is 1. The number of hydrogen-bond donors (Lipinski definition) is 0. The van der Waals surface area contributed by atoms with Crippen LogP contribution in [0.15, 0.2) is 18.2 Å². The Morgan fingerprint density at radius 2 is 2.10 bits per heavy atom. The molecule has 0 atom stereocenters. The number of benzene rings is 1. The summed E-state index contributed by atoms with van der Waals surface area (Å²) in [6.45, 7) is 3.71. The van der Waals surface area contributed by atoms with Gasteiger partial charge in [0.25, 0.3) is 0 Å². The molecule has 110 valence electrons. The van der Waals surface area contributed by atoms with Gasteiger partial charge in [-0.25, -0.2) is 0 Å². The number of amides is 1. The SMILES string of the molecule is CCCC(=O)N1CCC(c2cccc(Cl)c2OC)CC1. The molecule has 2 rings (SSSR count). The number of halogens is 1. The summed E-state index contributed by atoms with van der Waals surface area (Å²) in [7, 11) is 1.66. The Morgan fingerprint density at radius 3 is 2.70 bits per heavy atom. The quantitative estimate of drug-likeness (QED) is 0.844. The van der Waals surface area contributed by atoms with Crippen LogP contribution in [0, 0.1) is 0 Å². The van der Waals surface area contributed by atoms with Crippen LogP contribution in [-0.4, -0.2) is 31.0 Å². The van der Waals surface area contributed by atoms with Gasteiger partial charge in [-0.1, -0.05) is 30.7 Å². The van der Waals surface area contributed by atoms with E-state index in [2.05, 4.69) is 6.07 Å². The maximum absolute atomic E-state index is 11.9. The van der Waals surface area contributed by atoms with Gasteiger partial charge >= 0.3 is 0 Å². The number of carbonyl (C=O) groups is 1. The van der Waals surface area contributed by atoms with Crippen LogP contribution in [0.4, 0.5) is 0 Å². The van der Waals surface area contributed by atoms with Gasteiger partial charge in [-0.2, -0.15) is 0 Å². The second-order valence-corrected chi connectivity index (χ2v) is 5.67. The number of piperidine rings is 1. The largest absolute Gasteiger partial charge is 0.495 e. The minimum absolute atomic E-state index is 0.281. The summed E-state index contributed by atoms with van der Waals surface area (Å²) in [6, 6.07) is 5.90. The van der Waals surface area contributed by atoms with E-state index in [0.717, 1.165) is 38.1 Å².